The summed E-state index contributed by atoms with van der Waals surface area (Å²) < 4.78 is 0. The number of fused-ring (bicyclic) bond motifs is 3. The first kappa shape index (κ1) is 26.1. The van der Waals surface area contributed by atoms with Gasteiger partial charge in [-0.25, -0.2) is 0 Å². The molecule has 3 aliphatic carbocycles. The zero-order valence-electron chi connectivity index (χ0n) is 21.6. The fourth-order valence-corrected chi connectivity index (χ4v) is 6.29. The highest BCUT2D eigenvalue weighted by atomic mass is 16.3. The summed E-state index contributed by atoms with van der Waals surface area (Å²) >= 11 is 0. The lowest BCUT2D eigenvalue weighted by Crippen LogP contribution is -2.57. The average molecular weight is 497 g/mol. The van der Waals surface area contributed by atoms with Gasteiger partial charge in [0, 0.05) is 17.9 Å². The Bertz CT molecular complexity index is 1220. The molecule has 0 unspecified atom stereocenters. The SMILES string of the molecule is CC(=O)C1=C(O)[C@@]2(O)C(=O)C3=C(O)c4c(O)c(CCCC(C)C)cc(C(C)C)c4C[C@H]3C[C@H]2CC1=O. The molecule has 1 aromatic rings. The number of allylic oxidation sites excluding steroid dienone is 1. The van der Waals surface area contributed by atoms with Crippen molar-refractivity contribution < 1.29 is 34.8 Å². The van der Waals surface area contributed by atoms with E-state index in [9.17, 15) is 34.8 Å². The molecule has 0 aliphatic heterocycles. The highest BCUT2D eigenvalue weighted by Gasteiger charge is 2.60. The van der Waals surface area contributed by atoms with E-state index in [4.69, 9.17) is 0 Å². The molecule has 0 amide bonds. The number of Topliss-reactive ketones (excluding diaryl/α,β-unsaturated/α-hetero) is 3. The normalized spacial score (nSPS) is 25.9. The van der Waals surface area contributed by atoms with Gasteiger partial charge in [0.05, 0.1) is 5.56 Å². The molecule has 3 atom stereocenters. The van der Waals surface area contributed by atoms with E-state index in [2.05, 4.69) is 13.8 Å². The number of hydrogen-bond acceptors (Lipinski definition) is 7. The van der Waals surface area contributed by atoms with Crippen LogP contribution in [0.2, 0.25) is 0 Å². The largest absolute Gasteiger partial charge is 0.508 e. The molecule has 1 aromatic carbocycles. The molecule has 0 aromatic heterocycles. The second-order valence-electron chi connectivity index (χ2n) is 11.4. The van der Waals surface area contributed by atoms with Crippen LogP contribution in [0.3, 0.4) is 0 Å². The van der Waals surface area contributed by atoms with Crippen molar-refractivity contribution in [2.75, 3.05) is 0 Å². The van der Waals surface area contributed by atoms with E-state index < -0.39 is 51.9 Å². The van der Waals surface area contributed by atoms with E-state index in [0.29, 0.717) is 24.3 Å². The number of carbonyl (C=O) groups excluding carboxylic acids is 3. The number of hydrogen-bond donors (Lipinski definition) is 4. The molecule has 7 nitrogen and oxygen atoms in total. The molecular weight excluding hydrogens is 460 g/mol. The zero-order valence-corrected chi connectivity index (χ0v) is 21.6. The van der Waals surface area contributed by atoms with Crippen LogP contribution in [0.5, 0.6) is 5.75 Å². The zero-order chi connectivity index (χ0) is 26.7. The highest BCUT2D eigenvalue weighted by Crippen LogP contribution is 2.53. The molecule has 4 rings (SSSR count). The van der Waals surface area contributed by atoms with E-state index in [1.165, 1.54) is 0 Å². The van der Waals surface area contributed by atoms with Crippen LogP contribution in [0.15, 0.2) is 23.0 Å². The van der Waals surface area contributed by atoms with Gasteiger partial charge in [0.2, 0.25) is 5.78 Å². The lowest BCUT2D eigenvalue weighted by molar-refractivity contribution is -0.147. The lowest BCUT2D eigenvalue weighted by Gasteiger charge is -2.46. The number of aliphatic hydroxyl groups excluding tert-OH is 2. The summed E-state index contributed by atoms with van der Waals surface area (Å²) in [6, 6.07) is 2.00. The molecule has 1 fully saturated rings. The van der Waals surface area contributed by atoms with Gasteiger partial charge in [-0.1, -0.05) is 40.2 Å². The van der Waals surface area contributed by atoms with Crippen molar-refractivity contribution in [1.82, 2.24) is 0 Å². The van der Waals surface area contributed by atoms with Crippen LogP contribution in [0, 0.1) is 17.8 Å². The van der Waals surface area contributed by atoms with Gasteiger partial charge in [-0.2, -0.15) is 0 Å². The topological polar surface area (TPSA) is 132 Å². The summed E-state index contributed by atoms with van der Waals surface area (Å²) in [5, 5.41) is 44.9. The smallest absolute Gasteiger partial charge is 0.202 e. The van der Waals surface area contributed by atoms with Crippen molar-refractivity contribution >= 4 is 23.1 Å². The fourth-order valence-electron chi connectivity index (χ4n) is 6.29. The van der Waals surface area contributed by atoms with Crippen molar-refractivity contribution in [3.05, 3.63) is 45.2 Å². The van der Waals surface area contributed by atoms with Crippen LogP contribution < -0.4 is 0 Å². The summed E-state index contributed by atoms with van der Waals surface area (Å²) in [4.78, 5) is 38.3. The first-order valence-electron chi connectivity index (χ1n) is 12.9. The maximum Gasteiger partial charge on any atom is 0.202 e. The summed E-state index contributed by atoms with van der Waals surface area (Å²) in [6.07, 6.45) is 2.77. The minimum absolute atomic E-state index is 0.0608. The molecular formula is C29H36O7. The second-order valence-corrected chi connectivity index (χ2v) is 11.4. The second kappa shape index (κ2) is 9.18. The monoisotopic (exact) mass is 496 g/mol. The number of aryl methyl sites for hydroxylation is 1. The number of carbonyl (C=O) groups is 3. The molecule has 7 heteroatoms. The molecule has 0 spiro atoms. The molecule has 0 radical (unpaired) electrons. The van der Waals surface area contributed by atoms with Crippen LogP contribution >= 0.6 is 0 Å². The summed E-state index contributed by atoms with van der Waals surface area (Å²) in [5.41, 5.74) is -0.410. The Kier molecular flexibility index (Phi) is 6.67. The number of phenols is 1. The molecule has 0 bridgehead atoms. The lowest BCUT2D eigenvalue weighted by atomic mass is 9.58. The Labute approximate surface area is 211 Å². The van der Waals surface area contributed by atoms with Crippen molar-refractivity contribution in [2.24, 2.45) is 17.8 Å². The predicted molar refractivity (Wildman–Crippen MR) is 135 cm³/mol. The first-order valence-corrected chi connectivity index (χ1v) is 12.9. The van der Waals surface area contributed by atoms with Gasteiger partial charge in [-0.3, -0.25) is 14.4 Å². The number of phenolic OH excluding ortho intramolecular Hbond substituents is 1. The Hall–Kier alpha value is -2.93. The van der Waals surface area contributed by atoms with Crippen molar-refractivity contribution in [3.8, 4) is 5.75 Å². The van der Waals surface area contributed by atoms with Crippen molar-refractivity contribution in [3.63, 3.8) is 0 Å². The van der Waals surface area contributed by atoms with Gasteiger partial charge in [0.1, 0.15) is 22.8 Å². The Balaban J connectivity index is 1.88. The Morgan fingerprint density at radius 2 is 1.78 bits per heavy atom. The van der Waals surface area contributed by atoms with Gasteiger partial charge in [-0.05, 0) is 67.1 Å². The first-order chi connectivity index (χ1) is 16.8. The van der Waals surface area contributed by atoms with Crippen molar-refractivity contribution in [1.29, 1.82) is 0 Å². The average Bonchev–Trinajstić information content (AvgIpc) is 2.77. The third kappa shape index (κ3) is 3.88. The molecule has 4 N–H and O–H groups in total. The number of rotatable bonds is 6. The molecule has 0 heterocycles. The fraction of sp³-hybridized carbons (Fsp3) is 0.552. The van der Waals surface area contributed by atoms with Crippen LogP contribution in [0.25, 0.3) is 5.76 Å². The van der Waals surface area contributed by atoms with Crippen LogP contribution in [0.1, 0.15) is 88.5 Å². The molecule has 3 aliphatic rings. The third-order valence-electron chi connectivity index (χ3n) is 8.13. The standard InChI is InChI=1S/C29H36O7/c1-13(2)7-6-8-16-10-19(14(3)4)20-11-17-9-18-12-21(31)22(15(5)30)27(34)29(18,36)28(35)23(17)26(33)24(20)25(16)32/h10,13-14,17-18,32-34,36H,6-9,11-12H2,1-5H3/t17-,18+,29-/m1/s1. The van der Waals surface area contributed by atoms with E-state index >= 15 is 0 Å². The Morgan fingerprint density at radius 1 is 1.11 bits per heavy atom. The Morgan fingerprint density at radius 3 is 2.36 bits per heavy atom. The van der Waals surface area contributed by atoms with Gasteiger partial charge in [-0.15, -0.1) is 0 Å². The van der Waals surface area contributed by atoms with E-state index in [1.54, 1.807) is 0 Å². The predicted octanol–water partition coefficient (Wildman–Crippen LogP) is 4.63. The highest BCUT2D eigenvalue weighted by molar-refractivity contribution is 6.23. The number of aromatic hydroxyl groups is 1. The third-order valence-corrected chi connectivity index (χ3v) is 8.13. The maximum absolute atomic E-state index is 13.7. The van der Waals surface area contributed by atoms with Gasteiger partial charge in [0.15, 0.2) is 17.2 Å². The maximum atomic E-state index is 13.7. The summed E-state index contributed by atoms with van der Waals surface area (Å²) in [7, 11) is 0. The summed E-state index contributed by atoms with van der Waals surface area (Å²) in [6.45, 7) is 9.45. The molecule has 0 saturated heterocycles. The van der Waals surface area contributed by atoms with Crippen LogP contribution in [-0.2, 0) is 27.2 Å². The summed E-state index contributed by atoms with van der Waals surface area (Å²) in [5.74, 6) is -4.39. The number of aliphatic hydroxyl groups is 3. The number of ketones is 3. The van der Waals surface area contributed by atoms with Gasteiger partial charge < -0.3 is 20.4 Å². The van der Waals surface area contributed by atoms with E-state index in [0.717, 1.165) is 30.9 Å². The van der Waals surface area contributed by atoms with E-state index in [-0.39, 0.29) is 35.6 Å². The van der Waals surface area contributed by atoms with Gasteiger partial charge >= 0.3 is 0 Å². The molecule has 1 saturated carbocycles. The number of benzene rings is 1. The van der Waals surface area contributed by atoms with Gasteiger partial charge in [0.25, 0.3) is 0 Å². The van der Waals surface area contributed by atoms with Crippen LogP contribution in [-0.4, -0.2) is 43.4 Å². The molecule has 36 heavy (non-hydrogen) atoms. The van der Waals surface area contributed by atoms with E-state index in [1.807, 2.05) is 19.9 Å². The van der Waals surface area contributed by atoms with Crippen LogP contribution in [0.4, 0.5) is 0 Å². The van der Waals surface area contributed by atoms with Crippen molar-refractivity contribution in [2.45, 2.75) is 84.7 Å². The molecule has 194 valence electrons. The minimum Gasteiger partial charge on any atom is -0.508 e. The quantitative estimate of drug-likeness (QED) is 0.422. The minimum atomic E-state index is -2.46.